The number of rotatable bonds is 3. The van der Waals surface area contributed by atoms with Gasteiger partial charge in [-0.2, -0.15) is 0 Å². The van der Waals surface area contributed by atoms with Gasteiger partial charge >= 0.3 is 0 Å². The largest absolute Gasteiger partial charge is 0.394 e. The Labute approximate surface area is 110 Å². The molecule has 0 aliphatic carbocycles. The van der Waals surface area contributed by atoms with E-state index in [1.165, 1.54) is 6.92 Å². The van der Waals surface area contributed by atoms with Gasteiger partial charge in [-0.25, -0.2) is 0 Å². The molecule has 1 rings (SSSR count). The number of nitrogens with two attached hydrogens (primary N) is 1. The van der Waals surface area contributed by atoms with Crippen LogP contribution in [0.2, 0.25) is 0 Å². The highest BCUT2D eigenvalue weighted by Gasteiger charge is 2.40. The average molecular weight is 261 g/mol. The number of aliphatic hydroxyl groups is 1. The summed E-state index contributed by atoms with van der Waals surface area (Å²) in [6, 6.07) is -0.376. The number of hydrogen-bond donors (Lipinski definition) is 2. The molecule has 1 saturated heterocycles. The molecule has 0 radical (unpaired) electrons. The normalized spacial score (nSPS) is 34.6. The van der Waals surface area contributed by atoms with Crippen LogP contribution >= 0.6 is 0 Å². The van der Waals surface area contributed by atoms with Gasteiger partial charge in [-0.3, -0.25) is 0 Å². The van der Waals surface area contributed by atoms with E-state index in [4.69, 9.17) is 20.4 Å². The third-order valence-electron chi connectivity index (χ3n) is 3.17. The first-order valence-corrected chi connectivity index (χ1v) is 5.94. The van der Waals surface area contributed by atoms with E-state index in [0.29, 0.717) is 0 Å². The quantitative estimate of drug-likeness (QED) is 0.733. The van der Waals surface area contributed by atoms with E-state index in [9.17, 15) is 4.79 Å². The minimum absolute atomic E-state index is 0. The van der Waals surface area contributed by atoms with Crippen molar-refractivity contribution in [1.82, 2.24) is 0 Å². The Morgan fingerprint density at radius 3 is 2.22 bits per heavy atom. The highest BCUT2D eigenvalue weighted by atomic mass is 16.5. The van der Waals surface area contributed by atoms with E-state index in [1.54, 1.807) is 0 Å². The van der Waals surface area contributed by atoms with Crippen LogP contribution in [0.15, 0.2) is 0 Å². The van der Waals surface area contributed by atoms with Crippen molar-refractivity contribution in [2.45, 2.75) is 52.9 Å². The molecular weight excluding hydrogens is 234 g/mol. The summed E-state index contributed by atoms with van der Waals surface area (Å²) in [5, 5.41) is 9.03. The van der Waals surface area contributed by atoms with E-state index in [2.05, 4.69) is 0 Å². The van der Waals surface area contributed by atoms with Gasteiger partial charge < -0.3 is 25.2 Å². The van der Waals surface area contributed by atoms with Gasteiger partial charge in [-0.15, -0.1) is 0 Å². The van der Waals surface area contributed by atoms with Gasteiger partial charge in [0.25, 0.3) is 0 Å². The monoisotopic (exact) mass is 261 g/mol. The van der Waals surface area contributed by atoms with Crippen molar-refractivity contribution in [2.24, 2.45) is 17.6 Å². The highest BCUT2D eigenvalue weighted by molar-refractivity contribution is 5.56. The zero-order valence-corrected chi connectivity index (χ0v) is 10.7. The number of hydrogen-bond acceptors (Lipinski definition) is 5. The first kappa shape index (κ1) is 19.6. The Morgan fingerprint density at radius 2 is 1.89 bits per heavy atom. The second kappa shape index (κ2) is 10.2. The number of aldehydes is 2. The van der Waals surface area contributed by atoms with Gasteiger partial charge in [0.15, 0.2) is 0 Å². The fourth-order valence-electron chi connectivity index (χ4n) is 2.27. The van der Waals surface area contributed by atoms with Crippen molar-refractivity contribution in [2.75, 3.05) is 6.61 Å². The Hall–Kier alpha value is -0.780. The summed E-state index contributed by atoms with van der Waals surface area (Å²) in [6.45, 7) is 5.28. The summed E-state index contributed by atoms with van der Waals surface area (Å²) in [5.74, 6) is -0.0220. The number of carbonyl (C=O) groups is 2. The molecule has 5 atom stereocenters. The van der Waals surface area contributed by atoms with Crippen LogP contribution in [0.3, 0.4) is 0 Å². The van der Waals surface area contributed by atoms with Gasteiger partial charge in [0.05, 0.1) is 18.8 Å². The Morgan fingerprint density at radius 1 is 1.39 bits per heavy atom. The van der Waals surface area contributed by atoms with E-state index in [1.807, 2.05) is 13.8 Å². The summed E-state index contributed by atoms with van der Waals surface area (Å²) < 4.78 is 5.55. The summed E-state index contributed by atoms with van der Waals surface area (Å²) in [6.07, 6.45) is 2.12. The summed E-state index contributed by atoms with van der Waals surface area (Å²) in [7, 11) is 0. The second-order valence-electron chi connectivity index (χ2n) is 4.16. The molecule has 3 N–H and O–H groups in total. The standard InChI is InChI=1S/C10H19NO3.C2H4O.CH4/c1-3-7-6(2)14-9(5-13)10(11)8(7)4-12;1-2-3;/h4,6-10,13H,3,5,11H2,1-2H3;2H,1H3;1H4/t6?,7-,8-,9+,10?;;/m1../s1. The maximum absolute atomic E-state index is 10.9. The lowest BCUT2D eigenvalue weighted by Crippen LogP contribution is -2.56. The van der Waals surface area contributed by atoms with Crippen LogP contribution in [0.4, 0.5) is 0 Å². The predicted molar refractivity (Wildman–Crippen MR) is 71.2 cm³/mol. The molecule has 2 unspecified atom stereocenters. The van der Waals surface area contributed by atoms with Crippen molar-refractivity contribution in [3.05, 3.63) is 0 Å². The number of aliphatic hydroxyl groups excluding tert-OH is 1. The number of carbonyl (C=O) groups excluding carboxylic acids is 2. The van der Waals surface area contributed by atoms with Gasteiger partial charge in [0.1, 0.15) is 12.6 Å². The molecule has 1 aliphatic heterocycles. The van der Waals surface area contributed by atoms with Crippen LogP contribution in [0.25, 0.3) is 0 Å². The highest BCUT2D eigenvalue weighted by Crippen LogP contribution is 2.30. The molecule has 1 heterocycles. The fourth-order valence-corrected chi connectivity index (χ4v) is 2.27. The molecule has 0 aromatic carbocycles. The third kappa shape index (κ3) is 4.84. The van der Waals surface area contributed by atoms with Gasteiger partial charge in [-0.05, 0) is 19.8 Å². The summed E-state index contributed by atoms with van der Waals surface area (Å²) in [4.78, 5) is 19.7. The molecule has 0 spiro atoms. The van der Waals surface area contributed by atoms with Crippen LogP contribution in [-0.2, 0) is 14.3 Å². The summed E-state index contributed by atoms with van der Waals surface area (Å²) >= 11 is 0. The van der Waals surface area contributed by atoms with E-state index < -0.39 is 6.10 Å². The van der Waals surface area contributed by atoms with Gasteiger partial charge in [0.2, 0.25) is 0 Å². The molecule has 1 aliphatic rings. The number of ether oxygens (including phenoxy) is 1. The molecule has 5 heteroatoms. The fraction of sp³-hybridized carbons (Fsp3) is 0.846. The molecule has 18 heavy (non-hydrogen) atoms. The predicted octanol–water partition coefficient (Wildman–Crippen LogP) is 0.776. The second-order valence-corrected chi connectivity index (χ2v) is 4.16. The van der Waals surface area contributed by atoms with Crippen LogP contribution < -0.4 is 5.73 Å². The van der Waals surface area contributed by atoms with E-state index >= 15 is 0 Å². The van der Waals surface area contributed by atoms with E-state index in [-0.39, 0.29) is 38.0 Å². The lowest BCUT2D eigenvalue weighted by Gasteiger charge is -2.41. The van der Waals surface area contributed by atoms with Crippen LogP contribution in [0.5, 0.6) is 0 Å². The lowest BCUT2D eigenvalue weighted by atomic mass is 9.78. The zero-order chi connectivity index (χ0) is 13.4. The van der Waals surface area contributed by atoms with Crippen molar-refractivity contribution in [3.63, 3.8) is 0 Å². The minimum Gasteiger partial charge on any atom is -0.394 e. The maximum Gasteiger partial charge on any atom is 0.125 e. The van der Waals surface area contributed by atoms with Crippen molar-refractivity contribution >= 4 is 12.6 Å². The average Bonchev–Trinajstić information content (AvgIpc) is 2.32. The molecule has 0 bridgehead atoms. The SMILES string of the molecule is C.CC=O.CC[C@@H]1C(C)O[C@@H](CO)C(N)[C@@H]1C=O. The third-order valence-corrected chi connectivity index (χ3v) is 3.17. The molecule has 1 fully saturated rings. The first-order chi connectivity index (χ1) is 8.06. The van der Waals surface area contributed by atoms with Gasteiger partial charge in [-0.1, -0.05) is 20.8 Å². The molecule has 0 amide bonds. The Balaban J connectivity index is 0. The van der Waals surface area contributed by atoms with Crippen molar-refractivity contribution in [3.8, 4) is 0 Å². The smallest absolute Gasteiger partial charge is 0.125 e. The lowest BCUT2D eigenvalue weighted by molar-refractivity contribution is -0.142. The van der Waals surface area contributed by atoms with E-state index in [0.717, 1.165) is 19.0 Å². The topological polar surface area (TPSA) is 89.6 Å². The first-order valence-electron chi connectivity index (χ1n) is 5.94. The van der Waals surface area contributed by atoms with Crippen LogP contribution in [-0.4, -0.2) is 42.5 Å². The van der Waals surface area contributed by atoms with Crippen molar-refractivity contribution in [1.29, 1.82) is 0 Å². The minimum atomic E-state index is -0.400. The van der Waals surface area contributed by atoms with Gasteiger partial charge in [0, 0.05) is 12.0 Å². The molecule has 0 saturated carbocycles. The molecular formula is C13H27NO4. The molecule has 0 aromatic heterocycles. The molecule has 108 valence electrons. The Kier molecular flexibility index (Phi) is 11.1. The van der Waals surface area contributed by atoms with Crippen LogP contribution in [0, 0.1) is 11.8 Å². The van der Waals surface area contributed by atoms with Crippen molar-refractivity contribution < 1.29 is 19.4 Å². The Bertz CT molecular complexity index is 235. The summed E-state index contributed by atoms with van der Waals surface area (Å²) in [5.41, 5.74) is 5.86. The molecule has 5 nitrogen and oxygen atoms in total. The molecule has 0 aromatic rings. The van der Waals surface area contributed by atoms with Crippen LogP contribution in [0.1, 0.15) is 34.6 Å². The maximum atomic E-state index is 10.9. The zero-order valence-electron chi connectivity index (χ0n) is 10.7.